The van der Waals surface area contributed by atoms with Crippen LogP contribution in [0.5, 0.6) is 5.75 Å². The van der Waals surface area contributed by atoms with Gasteiger partial charge in [0.15, 0.2) is 6.61 Å². The van der Waals surface area contributed by atoms with Crippen molar-refractivity contribution in [1.82, 2.24) is 0 Å². The summed E-state index contributed by atoms with van der Waals surface area (Å²) in [4.78, 5) is 23.7. The number of benzene rings is 2. The summed E-state index contributed by atoms with van der Waals surface area (Å²) in [7, 11) is 0. The van der Waals surface area contributed by atoms with Gasteiger partial charge in [-0.1, -0.05) is 17.7 Å². The van der Waals surface area contributed by atoms with Crippen LogP contribution in [0.3, 0.4) is 0 Å². The lowest BCUT2D eigenvalue weighted by molar-refractivity contribution is -0.118. The summed E-state index contributed by atoms with van der Waals surface area (Å²) in [5, 5.41) is 2.89. The van der Waals surface area contributed by atoms with Crippen molar-refractivity contribution in [1.29, 1.82) is 0 Å². The van der Waals surface area contributed by atoms with Crippen molar-refractivity contribution in [3.05, 3.63) is 58.1 Å². The van der Waals surface area contributed by atoms with Crippen molar-refractivity contribution >= 4 is 29.2 Å². The number of hydrogen-bond donors (Lipinski definition) is 1. The van der Waals surface area contributed by atoms with Crippen LogP contribution >= 0.6 is 11.6 Å². The highest BCUT2D eigenvalue weighted by Gasteiger charge is 2.13. The maximum atomic E-state index is 12.0. The van der Waals surface area contributed by atoms with E-state index in [0.717, 1.165) is 11.1 Å². The molecule has 132 valence electrons. The van der Waals surface area contributed by atoms with Crippen molar-refractivity contribution in [2.24, 2.45) is 0 Å². The van der Waals surface area contributed by atoms with E-state index in [-0.39, 0.29) is 29.7 Å². The lowest BCUT2D eigenvalue weighted by Crippen LogP contribution is -2.20. The van der Waals surface area contributed by atoms with E-state index in [1.807, 2.05) is 32.0 Å². The van der Waals surface area contributed by atoms with Crippen LogP contribution in [0.25, 0.3) is 0 Å². The van der Waals surface area contributed by atoms with Crippen LogP contribution in [-0.2, 0) is 9.53 Å². The largest absolute Gasteiger partial charge is 0.484 e. The number of carbonyl (C=O) groups is 2. The van der Waals surface area contributed by atoms with Crippen molar-refractivity contribution in [2.75, 3.05) is 18.5 Å². The molecule has 2 rings (SSSR count). The summed E-state index contributed by atoms with van der Waals surface area (Å²) in [5.41, 5.74) is 2.87. The third kappa shape index (κ3) is 5.50. The minimum Gasteiger partial charge on any atom is -0.484 e. The monoisotopic (exact) mass is 361 g/mol. The zero-order chi connectivity index (χ0) is 18.4. The van der Waals surface area contributed by atoms with Gasteiger partial charge in [-0.15, -0.1) is 0 Å². The van der Waals surface area contributed by atoms with Gasteiger partial charge in [0.2, 0.25) is 0 Å². The number of hydrogen-bond acceptors (Lipinski definition) is 4. The quantitative estimate of drug-likeness (QED) is 0.785. The first kappa shape index (κ1) is 18.8. The van der Waals surface area contributed by atoms with Gasteiger partial charge in [-0.2, -0.15) is 0 Å². The fraction of sp³-hybridized carbons (Fsp3) is 0.263. The molecule has 0 fully saturated rings. The van der Waals surface area contributed by atoms with Crippen molar-refractivity contribution < 1.29 is 19.1 Å². The Hall–Kier alpha value is -2.53. The van der Waals surface area contributed by atoms with Crippen LogP contribution in [-0.4, -0.2) is 25.1 Å². The molecule has 0 aliphatic rings. The van der Waals surface area contributed by atoms with Gasteiger partial charge in [0.25, 0.3) is 5.91 Å². The Labute approximate surface area is 151 Å². The molecule has 0 aliphatic heterocycles. The molecule has 0 saturated heterocycles. The molecule has 0 atom stereocenters. The smallest absolute Gasteiger partial charge is 0.339 e. The summed E-state index contributed by atoms with van der Waals surface area (Å²) in [5.74, 6) is -0.175. The van der Waals surface area contributed by atoms with Crippen molar-refractivity contribution in [3.63, 3.8) is 0 Å². The number of ether oxygens (including phenoxy) is 2. The van der Waals surface area contributed by atoms with E-state index in [1.54, 1.807) is 13.0 Å². The van der Waals surface area contributed by atoms with Crippen LogP contribution in [0.1, 0.15) is 28.4 Å². The third-order valence-electron chi connectivity index (χ3n) is 3.31. The van der Waals surface area contributed by atoms with E-state index >= 15 is 0 Å². The second-order valence-electron chi connectivity index (χ2n) is 5.58. The summed E-state index contributed by atoms with van der Waals surface area (Å²) < 4.78 is 10.4. The Kier molecular flexibility index (Phi) is 6.42. The molecule has 2 aromatic carbocycles. The topological polar surface area (TPSA) is 64.6 Å². The predicted molar refractivity (Wildman–Crippen MR) is 97.4 cm³/mol. The van der Waals surface area contributed by atoms with Gasteiger partial charge in [0.05, 0.1) is 17.2 Å². The first-order valence-electron chi connectivity index (χ1n) is 7.86. The van der Waals surface area contributed by atoms with E-state index in [9.17, 15) is 9.59 Å². The Morgan fingerprint density at radius 2 is 1.76 bits per heavy atom. The van der Waals surface area contributed by atoms with Crippen LogP contribution in [0, 0.1) is 13.8 Å². The molecule has 0 radical (unpaired) electrons. The number of rotatable bonds is 6. The maximum Gasteiger partial charge on any atom is 0.339 e. The third-order valence-corrected chi connectivity index (χ3v) is 3.63. The van der Waals surface area contributed by atoms with Crippen molar-refractivity contribution in [2.45, 2.75) is 20.8 Å². The zero-order valence-electron chi connectivity index (χ0n) is 14.4. The molecule has 2 aromatic rings. The molecule has 0 aliphatic carbocycles. The molecule has 6 heteroatoms. The molecule has 0 saturated carbocycles. The minimum absolute atomic E-state index is 0.125. The number of carbonyl (C=O) groups excluding carboxylic acids is 2. The molecular weight excluding hydrogens is 342 g/mol. The molecule has 1 N–H and O–H groups in total. The standard InChI is InChI=1S/C19H20ClNO4/c1-4-24-19(23)16-6-5-14(10-17(16)20)21-18(22)11-25-15-8-12(2)7-13(3)9-15/h5-10H,4,11H2,1-3H3,(H,21,22). The molecule has 0 unspecified atom stereocenters. The number of nitrogens with one attached hydrogen (secondary N) is 1. The van der Waals surface area contributed by atoms with Gasteiger partial charge in [-0.25, -0.2) is 4.79 Å². The van der Waals surface area contributed by atoms with E-state index in [2.05, 4.69) is 5.32 Å². The second-order valence-corrected chi connectivity index (χ2v) is 5.98. The zero-order valence-corrected chi connectivity index (χ0v) is 15.1. The predicted octanol–water partition coefficient (Wildman–Crippen LogP) is 4.15. The highest BCUT2D eigenvalue weighted by molar-refractivity contribution is 6.34. The first-order valence-corrected chi connectivity index (χ1v) is 8.24. The van der Waals surface area contributed by atoms with E-state index < -0.39 is 5.97 Å². The maximum absolute atomic E-state index is 12.0. The number of esters is 1. The number of halogens is 1. The molecular formula is C19H20ClNO4. The first-order chi connectivity index (χ1) is 11.9. The van der Waals surface area contributed by atoms with Crippen LogP contribution in [0.15, 0.2) is 36.4 Å². The van der Waals surface area contributed by atoms with Crippen LogP contribution in [0.2, 0.25) is 5.02 Å². The average Bonchev–Trinajstić information content (AvgIpc) is 2.52. The highest BCUT2D eigenvalue weighted by atomic mass is 35.5. The average molecular weight is 362 g/mol. The Morgan fingerprint density at radius 1 is 1.08 bits per heavy atom. The van der Waals surface area contributed by atoms with E-state index in [0.29, 0.717) is 11.4 Å². The SMILES string of the molecule is CCOC(=O)c1ccc(NC(=O)COc2cc(C)cc(C)c2)cc1Cl. The molecule has 0 spiro atoms. The fourth-order valence-electron chi connectivity index (χ4n) is 2.33. The molecule has 0 bridgehead atoms. The number of aryl methyl sites for hydroxylation is 2. The highest BCUT2D eigenvalue weighted by Crippen LogP contribution is 2.22. The number of amides is 1. The minimum atomic E-state index is -0.497. The summed E-state index contributed by atoms with van der Waals surface area (Å²) in [6.45, 7) is 5.79. The van der Waals surface area contributed by atoms with Gasteiger partial charge in [-0.3, -0.25) is 4.79 Å². The lowest BCUT2D eigenvalue weighted by Gasteiger charge is -2.10. The van der Waals surface area contributed by atoms with E-state index in [4.69, 9.17) is 21.1 Å². The number of anilines is 1. The molecule has 1 amide bonds. The Bertz CT molecular complexity index is 769. The molecule has 5 nitrogen and oxygen atoms in total. The Morgan fingerprint density at radius 3 is 2.36 bits per heavy atom. The van der Waals surface area contributed by atoms with Crippen LogP contribution in [0.4, 0.5) is 5.69 Å². The fourth-order valence-corrected chi connectivity index (χ4v) is 2.59. The summed E-state index contributed by atoms with van der Waals surface area (Å²) in [6.07, 6.45) is 0. The molecule has 0 aromatic heterocycles. The van der Waals surface area contributed by atoms with Crippen molar-refractivity contribution in [3.8, 4) is 5.75 Å². The molecule has 25 heavy (non-hydrogen) atoms. The normalized spacial score (nSPS) is 10.2. The Balaban J connectivity index is 1.96. The van der Waals surface area contributed by atoms with Gasteiger partial charge in [0.1, 0.15) is 5.75 Å². The van der Waals surface area contributed by atoms with Gasteiger partial charge in [-0.05, 0) is 62.2 Å². The van der Waals surface area contributed by atoms with Gasteiger partial charge >= 0.3 is 5.97 Å². The molecule has 0 heterocycles. The van der Waals surface area contributed by atoms with Crippen LogP contribution < -0.4 is 10.1 Å². The lowest BCUT2D eigenvalue weighted by atomic mass is 10.1. The summed E-state index contributed by atoms with van der Waals surface area (Å²) in [6, 6.07) is 10.4. The van der Waals surface area contributed by atoms with Gasteiger partial charge < -0.3 is 14.8 Å². The van der Waals surface area contributed by atoms with E-state index in [1.165, 1.54) is 12.1 Å². The van der Waals surface area contributed by atoms with Gasteiger partial charge in [0, 0.05) is 5.69 Å². The summed E-state index contributed by atoms with van der Waals surface area (Å²) >= 11 is 6.07. The second kappa shape index (κ2) is 8.53.